The summed E-state index contributed by atoms with van der Waals surface area (Å²) in [6.07, 6.45) is 0. The highest BCUT2D eigenvalue weighted by atomic mass is 19.1. The van der Waals surface area contributed by atoms with Gasteiger partial charge in [0.25, 0.3) is 5.91 Å². The molecular formula is C8H7F2NO3. The van der Waals surface area contributed by atoms with Gasteiger partial charge in [0.2, 0.25) is 0 Å². The molecule has 0 atom stereocenters. The van der Waals surface area contributed by atoms with Crippen molar-refractivity contribution in [3.05, 3.63) is 23.3 Å². The molecule has 0 heterocycles. The summed E-state index contributed by atoms with van der Waals surface area (Å²) in [4.78, 5) is 10.9. The lowest BCUT2D eigenvalue weighted by Gasteiger charge is -2.05. The van der Waals surface area contributed by atoms with Crippen LogP contribution in [0.3, 0.4) is 0 Å². The van der Waals surface area contributed by atoms with E-state index in [0.29, 0.717) is 6.07 Å². The summed E-state index contributed by atoms with van der Waals surface area (Å²) in [5.74, 6) is -6.00. The molecule has 0 aliphatic carbocycles. The van der Waals surface area contributed by atoms with E-state index in [-0.39, 0.29) is 0 Å². The lowest BCUT2D eigenvalue weighted by atomic mass is 10.1. The number of halogens is 2. The Bertz CT molecular complexity index is 393. The third kappa shape index (κ3) is 1.46. The molecule has 0 radical (unpaired) electrons. The smallest absolute Gasteiger partial charge is 0.254 e. The van der Waals surface area contributed by atoms with E-state index < -0.39 is 34.6 Å². The molecule has 0 unspecified atom stereocenters. The summed E-state index contributed by atoms with van der Waals surface area (Å²) in [6, 6.07) is 0.503. The molecule has 0 saturated heterocycles. The number of phenolic OH excluding ortho intramolecular Hbond substituents is 2. The summed E-state index contributed by atoms with van der Waals surface area (Å²) in [5, 5.41) is 19.7. The molecule has 3 N–H and O–H groups in total. The fraction of sp³-hybridized carbons (Fsp3) is 0.125. The topological polar surface area (TPSA) is 69.6 Å². The number of rotatable bonds is 1. The van der Waals surface area contributed by atoms with Gasteiger partial charge in [-0.05, 0) is 6.07 Å². The molecule has 6 heteroatoms. The van der Waals surface area contributed by atoms with Gasteiger partial charge in [-0.25, -0.2) is 8.78 Å². The van der Waals surface area contributed by atoms with Gasteiger partial charge in [0.1, 0.15) is 0 Å². The summed E-state index contributed by atoms with van der Waals surface area (Å²) in [6.45, 7) is 0. The van der Waals surface area contributed by atoms with Crippen LogP contribution in [0.4, 0.5) is 8.78 Å². The number of carbonyl (C=O) groups excluding carboxylic acids is 1. The maximum atomic E-state index is 13.0. The molecule has 0 aliphatic heterocycles. The maximum absolute atomic E-state index is 13.0. The highest BCUT2D eigenvalue weighted by Crippen LogP contribution is 2.32. The first-order valence-corrected chi connectivity index (χ1v) is 3.61. The second kappa shape index (κ2) is 3.49. The number of carbonyl (C=O) groups is 1. The van der Waals surface area contributed by atoms with Crippen molar-refractivity contribution >= 4 is 5.91 Å². The second-order valence-electron chi connectivity index (χ2n) is 2.50. The first-order chi connectivity index (χ1) is 6.49. The standard InChI is InChI=1S/C8H7F2NO3/c1-11-8(14)3-2-4(9)6(12)7(13)5(3)10/h2,12-13H,1H3,(H,11,14). The molecule has 0 bridgehead atoms. The SMILES string of the molecule is CNC(=O)c1cc(F)c(O)c(O)c1F. The van der Waals surface area contributed by atoms with Gasteiger partial charge >= 0.3 is 0 Å². The van der Waals surface area contributed by atoms with Crippen molar-refractivity contribution in [1.29, 1.82) is 0 Å². The van der Waals surface area contributed by atoms with Gasteiger partial charge in [-0.1, -0.05) is 0 Å². The number of amides is 1. The van der Waals surface area contributed by atoms with E-state index in [1.807, 2.05) is 0 Å². The van der Waals surface area contributed by atoms with Crippen molar-refractivity contribution in [2.45, 2.75) is 0 Å². The van der Waals surface area contributed by atoms with Crippen LogP contribution in [0.25, 0.3) is 0 Å². The quantitative estimate of drug-likeness (QED) is 0.589. The molecule has 4 nitrogen and oxygen atoms in total. The Hall–Kier alpha value is -1.85. The highest BCUT2D eigenvalue weighted by Gasteiger charge is 2.20. The third-order valence-corrected chi connectivity index (χ3v) is 1.64. The van der Waals surface area contributed by atoms with Crippen molar-refractivity contribution in [2.24, 2.45) is 0 Å². The van der Waals surface area contributed by atoms with E-state index >= 15 is 0 Å². The van der Waals surface area contributed by atoms with Gasteiger partial charge in [0.05, 0.1) is 5.56 Å². The number of nitrogens with one attached hydrogen (secondary N) is 1. The average Bonchev–Trinajstić information content (AvgIpc) is 2.19. The maximum Gasteiger partial charge on any atom is 0.254 e. The van der Waals surface area contributed by atoms with E-state index in [1.165, 1.54) is 7.05 Å². The van der Waals surface area contributed by atoms with Gasteiger partial charge in [-0.2, -0.15) is 0 Å². The molecule has 0 fully saturated rings. The first kappa shape index (κ1) is 10.2. The average molecular weight is 203 g/mol. The van der Waals surface area contributed by atoms with Crippen molar-refractivity contribution in [1.82, 2.24) is 5.32 Å². The minimum atomic E-state index is -1.36. The van der Waals surface area contributed by atoms with Gasteiger partial charge in [0, 0.05) is 7.05 Å². The molecule has 1 aromatic rings. The van der Waals surface area contributed by atoms with Crippen LogP contribution in [0.1, 0.15) is 10.4 Å². The number of aromatic hydroxyl groups is 2. The largest absolute Gasteiger partial charge is 0.502 e. The van der Waals surface area contributed by atoms with Crippen LogP contribution >= 0.6 is 0 Å². The second-order valence-corrected chi connectivity index (χ2v) is 2.50. The zero-order valence-electron chi connectivity index (χ0n) is 7.14. The van der Waals surface area contributed by atoms with Crippen molar-refractivity contribution < 1.29 is 23.8 Å². The normalized spacial score (nSPS) is 9.93. The number of hydrogen-bond acceptors (Lipinski definition) is 3. The van der Waals surface area contributed by atoms with Crippen molar-refractivity contribution in [3.63, 3.8) is 0 Å². The Morgan fingerprint density at radius 2 is 1.93 bits per heavy atom. The lowest BCUT2D eigenvalue weighted by molar-refractivity contribution is 0.0957. The third-order valence-electron chi connectivity index (χ3n) is 1.64. The molecule has 1 rings (SSSR count). The van der Waals surface area contributed by atoms with Gasteiger partial charge in [-0.15, -0.1) is 0 Å². The molecule has 0 saturated carbocycles. The van der Waals surface area contributed by atoms with Crippen LogP contribution in [0, 0.1) is 11.6 Å². The van der Waals surface area contributed by atoms with E-state index in [1.54, 1.807) is 0 Å². The predicted molar refractivity (Wildman–Crippen MR) is 43.1 cm³/mol. The molecule has 1 amide bonds. The molecule has 0 aromatic heterocycles. The van der Waals surface area contributed by atoms with Crippen LogP contribution in [-0.2, 0) is 0 Å². The number of phenols is 2. The van der Waals surface area contributed by atoms with Crippen LogP contribution in [0.2, 0.25) is 0 Å². The van der Waals surface area contributed by atoms with E-state index in [0.717, 1.165) is 0 Å². The fourth-order valence-corrected chi connectivity index (χ4v) is 0.903. The Morgan fingerprint density at radius 1 is 1.36 bits per heavy atom. The summed E-state index contributed by atoms with van der Waals surface area (Å²) in [7, 11) is 1.23. The van der Waals surface area contributed by atoms with Gasteiger partial charge in [0.15, 0.2) is 23.1 Å². The summed E-state index contributed by atoms with van der Waals surface area (Å²) >= 11 is 0. The molecule has 0 spiro atoms. The van der Waals surface area contributed by atoms with E-state index in [9.17, 15) is 13.6 Å². The van der Waals surface area contributed by atoms with Crippen LogP contribution in [0.5, 0.6) is 11.5 Å². The Labute approximate surface area is 77.8 Å². The van der Waals surface area contributed by atoms with Crippen LogP contribution in [0.15, 0.2) is 6.07 Å². The fourth-order valence-electron chi connectivity index (χ4n) is 0.903. The zero-order chi connectivity index (χ0) is 10.9. The Kier molecular flexibility index (Phi) is 2.55. The summed E-state index contributed by atoms with van der Waals surface area (Å²) < 4.78 is 25.8. The number of hydrogen-bond donors (Lipinski definition) is 3. The molecule has 1 aromatic carbocycles. The minimum absolute atomic E-state index is 0.503. The number of benzene rings is 1. The molecular weight excluding hydrogens is 196 g/mol. The Morgan fingerprint density at radius 3 is 2.43 bits per heavy atom. The zero-order valence-corrected chi connectivity index (χ0v) is 7.14. The highest BCUT2D eigenvalue weighted by molar-refractivity contribution is 5.95. The van der Waals surface area contributed by atoms with Crippen molar-refractivity contribution in [3.8, 4) is 11.5 Å². The summed E-state index contributed by atoms with van der Waals surface area (Å²) in [5.41, 5.74) is -0.666. The molecule has 14 heavy (non-hydrogen) atoms. The predicted octanol–water partition coefficient (Wildman–Crippen LogP) is 0.736. The van der Waals surface area contributed by atoms with Crippen molar-refractivity contribution in [2.75, 3.05) is 7.05 Å². The van der Waals surface area contributed by atoms with Crippen LogP contribution < -0.4 is 5.32 Å². The van der Waals surface area contributed by atoms with Gasteiger partial charge in [-0.3, -0.25) is 4.79 Å². The van der Waals surface area contributed by atoms with E-state index in [4.69, 9.17) is 10.2 Å². The van der Waals surface area contributed by atoms with Gasteiger partial charge < -0.3 is 15.5 Å². The minimum Gasteiger partial charge on any atom is -0.502 e. The van der Waals surface area contributed by atoms with E-state index in [2.05, 4.69) is 5.32 Å². The molecule has 76 valence electrons. The monoisotopic (exact) mass is 203 g/mol. The molecule has 0 aliphatic rings. The van der Waals surface area contributed by atoms with Crippen LogP contribution in [-0.4, -0.2) is 23.2 Å². The Balaban J connectivity index is 3.40. The first-order valence-electron chi connectivity index (χ1n) is 3.61. The lowest BCUT2D eigenvalue weighted by Crippen LogP contribution is -2.19.